The Hall–Kier alpha value is -2.51. The molecule has 0 fully saturated rings. The third-order valence-corrected chi connectivity index (χ3v) is 4.65. The van der Waals surface area contributed by atoms with Crippen LogP contribution in [0.1, 0.15) is 17.0 Å². The van der Waals surface area contributed by atoms with Crippen molar-refractivity contribution in [3.05, 3.63) is 66.3 Å². The molecule has 1 aliphatic rings. The Morgan fingerprint density at radius 1 is 1.19 bits per heavy atom. The number of hydrogen-bond acceptors (Lipinski definition) is 5. The second kappa shape index (κ2) is 7.80. The van der Waals surface area contributed by atoms with E-state index in [1.807, 2.05) is 42.5 Å². The van der Waals surface area contributed by atoms with Gasteiger partial charge < -0.3 is 9.30 Å². The zero-order valence-corrected chi connectivity index (χ0v) is 15.0. The van der Waals surface area contributed by atoms with Gasteiger partial charge in [0.05, 0.1) is 26.0 Å². The molecule has 0 saturated heterocycles. The van der Waals surface area contributed by atoms with Crippen molar-refractivity contribution in [3.8, 4) is 0 Å². The van der Waals surface area contributed by atoms with E-state index in [2.05, 4.69) is 36.9 Å². The van der Waals surface area contributed by atoms with Crippen LogP contribution in [0.2, 0.25) is 0 Å². The first-order chi connectivity index (χ1) is 12.8. The molecule has 3 aromatic heterocycles. The van der Waals surface area contributed by atoms with Crippen molar-refractivity contribution in [2.75, 3.05) is 13.2 Å². The topological polar surface area (TPSA) is 61.0 Å². The maximum absolute atomic E-state index is 5.99. The fraction of sp³-hybridized carbons (Fsp3) is 0.421. The van der Waals surface area contributed by atoms with Gasteiger partial charge in [0, 0.05) is 69.1 Å². The minimum absolute atomic E-state index is 0.416. The number of ether oxygens (including phenoxy) is 1. The molecule has 7 heteroatoms. The summed E-state index contributed by atoms with van der Waals surface area (Å²) in [5, 5.41) is 4.28. The van der Waals surface area contributed by atoms with E-state index in [1.54, 1.807) is 6.20 Å². The van der Waals surface area contributed by atoms with Crippen LogP contribution in [0.15, 0.2) is 49.3 Å². The molecule has 4 heterocycles. The average molecular weight is 352 g/mol. The van der Waals surface area contributed by atoms with E-state index >= 15 is 0 Å². The first-order valence-electron chi connectivity index (χ1n) is 8.93. The number of rotatable bonds is 6. The van der Waals surface area contributed by atoms with Crippen LogP contribution in [0.25, 0.3) is 0 Å². The SMILES string of the molecule is Cn1cc(CN2Cc3nccn3C[C@H](COCc3cccnc3)C2)cn1. The van der Waals surface area contributed by atoms with Gasteiger partial charge >= 0.3 is 0 Å². The zero-order chi connectivity index (χ0) is 17.8. The summed E-state index contributed by atoms with van der Waals surface area (Å²) < 4.78 is 10.1. The monoisotopic (exact) mass is 352 g/mol. The summed E-state index contributed by atoms with van der Waals surface area (Å²) in [4.78, 5) is 11.1. The minimum atomic E-state index is 0.416. The van der Waals surface area contributed by atoms with Crippen molar-refractivity contribution in [3.63, 3.8) is 0 Å². The van der Waals surface area contributed by atoms with Crippen molar-refractivity contribution in [2.45, 2.75) is 26.2 Å². The highest BCUT2D eigenvalue weighted by molar-refractivity contribution is 5.07. The second-order valence-electron chi connectivity index (χ2n) is 6.93. The summed E-state index contributed by atoms with van der Waals surface area (Å²) in [6.07, 6.45) is 11.6. The van der Waals surface area contributed by atoms with Crippen LogP contribution in [0.5, 0.6) is 0 Å². The number of hydrogen-bond donors (Lipinski definition) is 0. The van der Waals surface area contributed by atoms with Gasteiger partial charge in [0.25, 0.3) is 0 Å². The number of aromatic nitrogens is 5. The van der Waals surface area contributed by atoms with Crippen LogP contribution in [0.4, 0.5) is 0 Å². The molecule has 0 amide bonds. The molecule has 0 spiro atoms. The molecule has 4 rings (SSSR count). The number of aryl methyl sites for hydroxylation is 1. The van der Waals surface area contributed by atoms with Crippen LogP contribution in [0.3, 0.4) is 0 Å². The quantitative estimate of drug-likeness (QED) is 0.678. The normalized spacial score (nSPS) is 17.8. The molecule has 0 saturated carbocycles. The molecule has 0 aromatic carbocycles. The van der Waals surface area contributed by atoms with Crippen molar-refractivity contribution in [1.82, 2.24) is 29.2 Å². The van der Waals surface area contributed by atoms with Gasteiger partial charge in [0.15, 0.2) is 0 Å². The van der Waals surface area contributed by atoms with E-state index in [0.717, 1.165) is 44.2 Å². The smallest absolute Gasteiger partial charge is 0.122 e. The number of imidazole rings is 1. The summed E-state index contributed by atoms with van der Waals surface area (Å²) >= 11 is 0. The molecular weight excluding hydrogens is 328 g/mol. The summed E-state index contributed by atoms with van der Waals surface area (Å²) in [5.74, 6) is 1.53. The van der Waals surface area contributed by atoms with Gasteiger partial charge in [-0.3, -0.25) is 14.6 Å². The van der Waals surface area contributed by atoms with Crippen molar-refractivity contribution < 1.29 is 4.74 Å². The van der Waals surface area contributed by atoms with Crippen LogP contribution in [-0.2, 0) is 38.0 Å². The lowest BCUT2D eigenvalue weighted by atomic mass is 10.1. The van der Waals surface area contributed by atoms with E-state index in [1.165, 1.54) is 5.56 Å². The highest BCUT2D eigenvalue weighted by Crippen LogP contribution is 2.18. The second-order valence-corrected chi connectivity index (χ2v) is 6.93. The van der Waals surface area contributed by atoms with E-state index in [4.69, 9.17) is 4.74 Å². The molecule has 0 N–H and O–H groups in total. The molecule has 1 atom stereocenters. The molecular formula is C19H24N6O. The van der Waals surface area contributed by atoms with E-state index in [9.17, 15) is 0 Å². The van der Waals surface area contributed by atoms with E-state index in [-0.39, 0.29) is 0 Å². The Morgan fingerprint density at radius 2 is 2.15 bits per heavy atom. The first kappa shape index (κ1) is 16.9. The predicted molar refractivity (Wildman–Crippen MR) is 96.9 cm³/mol. The van der Waals surface area contributed by atoms with Gasteiger partial charge in [-0.2, -0.15) is 5.10 Å². The lowest BCUT2D eigenvalue weighted by molar-refractivity contribution is 0.0664. The molecule has 1 aliphatic heterocycles. The summed E-state index contributed by atoms with van der Waals surface area (Å²) in [6.45, 7) is 4.96. The van der Waals surface area contributed by atoms with Gasteiger partial charge in [-0.05, 0) is 11.6 Å². The first-order valence-corrected chi connectivity index (χ1v) is 8.93. The van der Waals surface area contributed by atoms with Gasteiger partial charge in [-0.25, -0.2) is 4.98 Å². The molecule has 136 valence electrons. The predicted octanol–water partition coefficient (Wildman–Crippen LogP) is 1.86. The highest BCUT2D eigenvalue weighted by Gasteiger charge is 2.23. The molecule has 0 bridgehead atoms. The number of fused-ring (bicyclic) bond motifs is 1. The van der Waals surface area contributed by atoms with Crippen molar-refractivity contribution in [1.29, 1.82) is 0 Å². The highest BCUT2D eigenvalue weighted by atomic mass is 16.5. The van der Waals surface area contributed by atoms with Crippen LogP contribution in [0, 0.1) is 5.92 Å². The molecule has 7 nitrogen and oxygen atoms in total. The molecule has 0 unspecified atom stereocenters. The molecule has 3 aromatic rings. The van der Waals surface area contributed by atoms with E-state index < -0.39 is 0 Å². The van der Waals surface area contributed by atoms with Crippen molar-refractivity contribution in [2.24, 2.45) is 13.0 Å². The Labute approximate surface area is 153 Å². The van der Waals surface area contributed by atoms with Gasteiger partial charge in [-0.15, -0.1) is 0 Å². The molecule has 26 heavy (non-hydrogen) atoms. The van der Waals surface area contributed by atoms with Gasteiger partial charge in [0.2, 0.25) is 0 Å². The third kappa shape index (κ3) is 4.17. The lowest BCUT2D eigenvalue weighted by Crippen LogP contribution is -2.30. The average Bonchev–Trinajstić information content (AvgIpc) is 3.21. The van der Waals surface area contributed by atoms with E-state index in [0.29, 0.717) is 12.5 Å². The number of pyridine rings is 1. The maximum Gasteiger partial charge on any atom is 0.122 e. The Morgan fingerprint density at radius 3 is 2.96 bits per heavy atom. The Kier molecular flexibility index (Phi) is 5.08. The number of nitrogens with zero attached hydrogens (tertiary/aromatic N) is 6. The van der Waals surface area contributed by atoms with Gasteiger partial charge in [-0.1, -0.05) is 6.07 Å². The van der Waals surface area contributed by atoms with Gasteiger partial charge in [0.1, 0.15) is 5.82 Å². The van der Waals surface area contributed by atoms with Crippen molar-refractivity contribution >= 4 is 0 Å². The lowest BCUT2D eigenvalue weighted by Gasteiger charge is -2.23. The third-order valence-electron chi connectivity index (χ3n) is 4.65. The summed E-state index contributed by atoms with van der Waals surface area (Å²) in [5.41, 5.74) is 2.33. The molecule has 0 radical (unpaired) electrons. The van der Waals surface area contributed by atoms with Crippen LogP contribution < -0.4 is 0 Å². The summed E-state index contributed by atoms with van der Waals surface area (Å²) in [7, 11) is 1.95. The fourth-order valence-electron chi connectivity index (χ4n) is 3.49. The standard InChI is InChI=1S/C19H24N6O/c1-23-9-17(8-22-23)10-24-11-18(12-25-6-5-21-19(25)13-24)15-26-14-16-3-2-4-20-7-16/h2-9,18H,10-15H2,1H3/t18-/m1/s1. The zero-order valence-electron chi connectivity index (χ0n) is 15.0. The van der Waals surface area contributed by atoms with Crippen LogP contribution in [-0.4, -0.2) is 42.4 Å². The van der Waals surface area contributed by atoms with Crippen LogP contribution >= 0.6 is 0 Å². The largest absolute Gasteiger partial charge is 0.376 e. The Balaban J connectivity index is 1.40. The maximum atomic E-state index is 5.99. The fourth-order valence-corrected chi connectivity index (χ4v) is 3.49. The molecule has 0 aliphatic carbocycles. The minimum Gasteiger partial charge on any atom is -0.376 e. The Bertz CT molecular complexity index is 827. The summed E-state index contributed by atoms with van der Waals surface area (Å²) in [6, 6.07) is 3.99.